The van der Waals surface area contributed by atoms with Gasteiger partial charge in [-0.2, -0.15) is 13.1 Å². The Hall–Kier alpha value is -3.84. The summed E-state index contributed by atoms with van der Waals surface area (Å²) in [6.45, 7) is 0. The van der Waals surface area contributed by atoms with Crippen LogP contribution in [0.3, 0.4) is 0 Å². The minimum absolute atomic E-state index is 0.0147. The first-order chi connectivity index (χ1) is 18.0. The maximum Gasteiger partial charge on any atom is 0.300 e. The molecule has 2 fully saturated rings. The lowest BCUT2D eigenvalue weighted by molar-refractivity contribution is 0.100. The highest BCUT2D eigenvalue weighted by Crippen LogP contribution is 2.41. The van der Waals surface area contributed by atoms with E-state index in [1.807, 2.05) is 0 Å². The number of carbonyl (C=O) groups is 1. The molecule has 0 saturated heterocycles. The number of primary amides is 1. The van der Waals surface area contributed by atoms with Gasteiger partial charge < -0.3 is 11.1 Å². The Morgan fingerprint density at radius 3 is 2.50 bits per heavy atom. The summed E-state index contributed by atoms with van der Waals surface area (Å²) in [6.07, 6.45) is 4.35. The second kappa shape index (κ2) is 9.80. The average molecular weight is 545 g/mol. The monoisotopic (exact) mass is 544 g/mol. The van der Waals surface area contributed by atoms with Gasteiger partial charge in [0, 0.05) is 31.3 Å². The molecule has 10 nitrogen and oxygen atoms in total. The number of pyridine rings is 2. The topological polar surface area (TPSA) is 148 Å². The van der Waals surface area contributed by atoms with Gasteiger partial charge in [0.15, 0.2) is 11.6 Å². The highest BCUT2D eigenvalue weighted by Gasteiger charge is 2.28. The molecule has 0 atom stereocenters. The van der Waals surface area contributed by atoms with Crippen molar-refractivity contribution in [1.29, 1.82) is 0 Å². The second-order valence-corrected chi connectivity index (χ2v) is 11.1. The molecule has 0 bridgehead atoms. The average Bonchev–Trinajstić information content (AvgIpc) is 3.77. The summed E-state index contributed by atoms with van der Waals surface area (Å²) < 4.78 is 59.8. The summed E-state index contributed by atoms with van der Waals surface area (Å²) in [5, 5.41) is 2.80. The van der Waals surface area contributed by atoms with Gasteiger partial charge in [0.1, 0.15) is 11.6 Å². The van der Waals surface area contributed by atoms with Gasteiger partial charge in [-0.25, -0.2) is 13.8 Å². The molecule has 1 amide bonds. The molecule has 3 aromatic rings. The minimum atomic E-state index is -4.03. The molecule has 0 radical (unpaired) electrons. The van der Waals surface area contributed by atoms with Crippen molar-refractivity contribution in [2.45, 2.75) is 44.1 Å². The smallest absolute Gasteiger partial charge is 0.300 e. The van der Waals surface area contributed by atoms with Crippen LogP contribution in [0.2, 0.25) is 0 Å². The maximum absolute atomic E-state index is 15.2. The number of benzene rings is 1. The summed E-state index contributed by atoms with van der Waals surface area (Å²) in [4.78, 5) is 29.2. The van der Waals surface area contributed by atoms with E-state index in [1.165, 1.54) is 31.4 Å². The summed E-state index contributed by atoms with van der Waals surface area (Å²) in [7, 11) is -2.65. The molecule has 2 aromatic heterocycles. The quantitative estimate of drug-likeness (QED) is 0.309. The Balaban J connectivity index is 1.44. The van der Waals surface area contributed by atoms with Gasteiger partial charge in [-0.3, -0.25) is 18.9 Å². The molecular weight excluding hydrogens is 518 g/mol. The van der Waals surface area contributed by atoms with Crippen molar-refractivity contribution in [1.82, 2.24) is 14.3 Å². The molecule has 200 valence electrons. The number of aromatic nitrogens is 2. The molecule has 0 spiro atoms. The molecule has 2 aliphatic rings. The molecule has 2 aliphatic carbocycles. The molecular formula is C25H26F2N6O4S. The van der Waals surface area contributed by atoms with E-state index in [0.29, 0.717) is 18.8 Å². The van der Waals surface area contributed by atoms with Gasteiger partial charge in [-0.05, 0) is 67.0 Å². The predicted molar refractivity (Wildman–Crippen MR) is 138 cm³/mol. The summed E-state index contributed by atoms with van der Waals surface area (Å²) in [5.74, 6) is -2.57. The normalized spacial score (nSPS) is 15.3. The van der Waals surface area contributed by atoms with Crippen LogP contribution in [0.25, 0.3) is 0 Å². The van der Waals surface area contributed by atoms with Crippen LogP contribution in [0.1, 0.15) is 58.6 Å². The first-order valence-corrected chi connectivity index (χ1v) is 13.5. The Kier molecular flexibility index (Phi) is 6.65. The highest BCUT2D eigenvalue weighted by atomic mass is 32.2. The molecule has 1 aromatic carbocycles. The van der Waals surface area contributed by atoms with Crippen molar-refractivity contribution in [3.8, 4) is 0 Å². The highest BCUT2D eigenvalue weighted by molar-refractivity contribution is 7.90. The van der Waals surface area contributed by atoms with Crippen molar-refractivity contribution in [3.63, 3.8) is 0 Å². The second-order valence-electron chi connectivity index (χ2n) is 9.61. The third-order valence-corrected chi connectivity index (χ3v) is 7.63. The van der Waals surface area contributed by atoms with E-state index < -0.39 is 39.1 Å². The lowest BCUT2D eigenvalue weighted by atomic mass is 10.0. The van der Waals surface area contributed by atoms with Crippen LogP contribution in [0.15, 0.2) is 41.3 Å². The van der Waals surface area contributed by atoms with Gasteiger partial charge in [-0.1, -0.05) is 6.07 Å². The van der Waals surface area contributed by atoms with E-state index in [1.54, 1.807) is 12.1 Å². The summed E-state index contributed by atoms with van der Waals surface area (Å²) >= 11 is 0. The van der Waals surface area contributed by atoms with E-state index >= 15 is 4.39 Å². The van der Waals surface area contributed by atoms with Crippen molar-refractivity contribution in [3.05, 3.63) is 80.8 Å². The Morgan fingerprint density at radius 1 is 1.13 bits per heavy atom. The fourth-order valence-corrected chi connectivity index (χ4v) is 5.30. The standard InChI is InChI=1S/C25H26F2N6O4S/c1-33-24(30-20-7-4-14(12-19(20)26)13-2-3-13)18(22(28)34)11-16(25(33)35)10-15-8-9-29-23(21(15)27)32-38(36,37)31-17-5-6-17/h4,7-9,11-13,17,30-31H,2-3,5-6,10H2,1H3,(H2,28,34)(H,29,32). The van der Waals surface area contributed by atoms with Gasteiger partial charge in [0.05, 0.1) is 11.3 Å². The van der Waals surface area contributed by atoms with Crippen LogP contribution < -0.4 is 26.1 Å². The molecule has 2 heterocycles. The van der Waals surface area contributed by atoms with Crippen LogP contribution in [0.4, 0.5) is 26.1 Å². The predicted octanol–water partition coefficient (Wildman–Crippen LogP) is 2.78. The fraction of sp³-hybridized carbons (Fsp3) is 0.320. The van der Waals surface area contributed by atoms with Gasteiger partial charge in [-0.15, -0.1) is 0 Å². The van der Waals surface area contributed by atoms with Crippen LogP contribution in [0.5, 0.6) is 0 Å². The van der Waals surface area contributed by atoms with Crippen molar-refractivity contribution in [2.24, 2.45) is 12.8 Å². The zero-order chi connectivity index (χ0) is 27.2. The van der Waals surface area contributed by atoms with Crippen molar-refractivity contribution in [2.75, 3.05) is 10.0 Å². The number of nitrogens with zero attached hydrogens (tertiary/aromatic N) is 2. The fourth-order valence-electron chi connectivity index (χ4n) is 4.17. The minimum Gasteiger partial charge on any atom is -0.365 e. The summed E-state index contributed by atoms with van der Waals surface area (Å²) in [5.41, 5.74) is 5.83. The van der Waals surface area contributed by atoms with E-state index in [9.17, 15) is 22.4 Å². The van der Waals surface area contributed by atoms with Gasteiger partial charge in [0.25, 0.3) is 11.5 Å². The lowest BCUT2D eigenvalue weighted by Gasteiger charge is -2.17. The SMILES string of the molecule is Cn1c(Nc2ccc(C3CC3)cc2F)c(C(N)=O)cc(Cc2ccnc(NS(=O)(=O)NC3CC3)c2F)c1=O. The van der Waals surface area contributed by atoms with E-state index in [-0.39, 0.29) is 40.7 Å². The van der Waals surface area contributed by atoms with E-state index in [2.05, 4.69) is 19.7 Å². The number of nitrogens with two attached hydrogens (primary N) is 1. The van der Waals surface area contributed by atoms with Crippen LogP contribution >= 0.6 is 0 Å². The molecule has 5 rings (SSSR count). The molecule has 0 aliphatic heterocycles. The number of halogens is 2. The lowest BCUT2D eigenvalue weighted by Crippen LogP contribution is -2.32. The van der Waals surface area contributed by atoms with Gasteiger partial charge in [0.2, 0.25) is 0 Å². The number of carbonyl (C=O) groups excluding carboxylic acids is 1. The zero-order valence-corrected chi connectivity index (χ0v) is 21.2. The molecule has 0 unspecified atom stereocenters. The Bertz CT molecular complexity index is 1600. The number of anilines is 3. The summed E-state index contributed by atoms with van der Waals surface area (Å²) in [6, 6.07) is 7.09. The number of amides is 1. The Labute approximate surface area is 217 Å². The van der Waals surface area contributed by atoms with E-state index in [0.717, 1.165) is 23.0 Å². The van der Waals surface area contributed by atoms with Crippen LogP contribution in [-0.2, 0) is 23.7 Å². The largest absolute Gasteiger partial charge is 0.365 e. The molecule has 38 heavy (non-hydrogen) atoms. The van der Waals surface area contributed by atoms with Crippen molar-refractivity contribution < 1.29 is 22.0 Å². The first kappa shape index (κ1) is 25.8. The maximum atomic E-state index is 15.2. The third kappa shape index (κ3) is 5.53. The van der Waals surface area contributed by atoms with Crippen LogP contribution in [-0.4, -0.2) is 29.9 Å². The number of rotatable bonds is 10. The van der Waals surface area contributed by atoms with Crippen molar-refractivity contribution >= 4 is 33.4 Å². The zero-order valence-electron chi connectivity index (χ0n) is 20.4. The number of hydrogen-bond donors (Lipinski definition) is 4. The Morgan fingerprint density at radius 2 is 1.87 bits per heavy atom. The third-order valence-electron chi connectivity index (χ3n) is 6.53. The number of nitrogens with one attached hydrogen (secondary N) is 3. The first-order valence-electron chi connectivity index (χ1n) is 12.0. The molecule has 13 heteroatoms. The van der Waals surface area contributed by atoms with Gasteiger partial charge >= 0.3 is 10.2 Å². The van der Waals surface area contributed by atoms with Crippen LogP contribution in [0, 0.1) is 11.6 Å². The van der Waals surface area contributed by atoms with E-state index in [4.69, 9.17) is 5.73 Å². The molecule has 5 N–H and O–H groups in total. The molecule has 2 saturated carbocycles. The number of hydrogen-bond acceptors (Lipinski definition) is 6.